The smallest absolute Gasteiger partial charge is 0.239 e. The van der Waals surface area contributed by atoms with Gasteiger partial charge in [-0.05, 0) is 20.3 Å². The number of nitrogens with zero attached hydrogens (tertiary/aromatic N) is 1. The van der Waals surface area contributed by atoms with Crippen molar-refractivity contribution in [2.75, 3.05) is 18.8 Å². The van der Waals surface area contributed by atoms with Crippen molar-refractivity contribution in [1.29, 1.82) is 0 Å². The van der Waals surface area contributed by atoms with E-state index in [0.29, 0.717) is 0 Å². The molecule has 3 nitrogen and oxygen atoms in total. The van der Waals surface area contributed by atoms with Gasteiger partial charge in [0.1, 0.15) is 0 Å². The van der Waals surface area contributed by atoms with Crippen LogP contribution >= 0.6 is 11.8 Å². The average molecular weight is 230 g/mol. The van der Waals surface area contributed by atoms with Crippen molar-refractivity contribution < 1.29 is 4.79 Å². The fourth-order valence-electron chi connectivity index (χ4n) is 1.87. The van der Waals surface area contributed by atoms with E-state index < -0.39 is 0 Å². The molecule has 1 aliphatic heterocycles. The van der Waals surface area contributed by atoms with E-state index in [2.05, 4.69) is 20.8 Å². The highest BCUT2D eigenvalue weighted by Crippen LogP contribution is 2.29. The van der Waals surface area contributed by atoms with Crippen LogP contribution in [0.2, 0.25) is 0 Å². The van der Waals surface area contributed by atoms with Crippen LogP contribution in [-0.2, 0) is 4.79 Å². The first-order chi connectivity index (χ1) is 6.96. The highest BCUT2D eigenvalue weighted by molar-refractivity contribution is 8.00. The Balaban J connectivity index is 2.52. The molecule has 0 aromatic carbocycles. The topological polar surface area (TPSA) is 46.3 Å². The third-order valence-electron chi connectivity index (χ3n) is 2.65. The van der Waals surface area contributed by atoms with Gasteiger partial charge in [0.15, 0.2) is 0 Å². The minimum Gasteiger partial charge on any atom is -0.339 e. The summed E-state index contributed by atoms with van der Waals surface area (Å²) in [5, 5.41) is 0. The zero-order valence-corrected chi connectivity index (χ0v) is 10.8. The van der Waals surface area contributed by atoms with Gasteiger partial charge >= 0.3 is 0 Å². The van der Waals surface area contributed by atoms with Gasteiger partial charge < -0.3 is 10.6 Å². The van der Waals surface area contributed by atoms with Crippen LogP contribution in [0.1, 0.15) is 33.6 Å². The van der Waals surface area contributed by atoms with E-state index in [1.807, 2.05) is 16.7 Å². The molecule has 1 atom stereocenters. The van der Waals surface area contributed by atoms with E-state index in [1.165, 1.54) is 0 Å². The Morgan fingerprint density at radius 3 is 2.80 bits per heavy atom. The molecule has 1 saturated heterocycles. The van der Waals surface area contributed by atoms with Crippen molar-refractivity contribution in [3.05, 3.63) is 0 Å². The number of hydrogen-bond donors (Lipinski definition) is 1. The number of thioether (sulfide) groups is 1. The largest absolute Gasteiger partial charge is 0.339 e. The van der Waals surface area contributed by atoms with E-state index >= 15 is 0 Å². The van der Waals surface area contributed by atoms with E-state index in [-0.39, 0.29) is 16.7 Å². The monoisotopic (exact) mass is 230 g/mol. The molecule has 2 N–H and O–H groups in total. The third-order valence-corrected chi connectivity index (χ3v) is 3.95. The molecular weight excluding hydrogens is 208 g/mol. The molecule has 1 aliphatic rings. The molecule has 88 valence electrons. The van der Waals surface area contributed by atoms with Crippen LogP contribution in [-0.4, -0.2) is 40.4 Å². The van der Waals surface area contributed by atoms with E-state index in [4.69, 9.17) is 5.73 Å². The lowest BCUT2D eigenvalue weighted by Gasteiger charge is -2.38. The molecule has 0 aliphatic carbocycles. The first-order valence-corrected chi connectivity index (χ1v) is 6.63. The summed E-state index contributed by atoms with van der Waals surface area (Å²) >= 11 is 1.93. The molecule has 0 aromatic heterocycles. The first-order valence-electron chi connectivity index (χ1n) is 5.64. The van der Waals surface area contributed by atoms with Crippen LogP contribution in [0.15, 0.2) is 0 Å². The summed E-state index contributed by atoms with van der Waals surface area (Å²) in [6.45, 7) is 8.10. The van der Waals surface area contributed by atoms with Gasteiger partial charge in [0.2, 0.25) is 5.91 Å². The Kier molecular flexibility index (Phi) is 4.46. The second-order valence-electron chi connectivity index (χ2n) is 4.76. The normalized spacial score (nSPS) is 22.5. The zero-order valence-electron chi connectivity index (χ0n) is 9.95. The van der Waals surface area contributed by atoms with Crippen LogP contribution < -0.4 is 5.73 Å². The first kappa shape index (κ1) is 12.8. The van der Waals surface area contributed by atoms with E-state index in [9.17, 15) is 4.79 Å². The zero-order chi connectivity index (χ0) is 11.5. The molecule has 0 spiro atoms. The minimum absolute atomic E-state index is 0.130. The van der Waals surface area contributed by atoms with Gasteiger partial charge in [0, 0.05) is 23.6 Å². The Labute approximate surface area is 96.8 Å². The molecule has 0 saturated carbocycles. The maximum Gasteiger partial charge on any atom is 0.239 e. The fraction of sp³-hybridized carbons (Fsp3) is 0.909. The van der Waals surface area contributed by atoms with Gasteiger partial charge in [0.25, 0.3) is 0 Å². The summed E-state index contributed by atoms with van der Waals surface area (Å²) in [7, 11) is 0. The van der Waals surface area contributed by atoms with Crippen molar-refractivity contribution >= 4 is 17.7 Å². The maximum absolute atomic E-state index is 12.0. The number of hydrogen-bond acceptors (Lipinski definition) is 3. The van der Waals surface area contributed by atoms with Crippen molar-refractivity contribution in [2.45, 2.75) is 44.4 Å². The Bertz CT molecular complexity index is 231. The Hall–Kier alpha value is -0.220. The van der Waals surface area contributed by atoms with Crippen molar-refractivity contribution in [2.24, 2.45) is 5.73 Å². The summed E-state index contributed by atoms with van der Waals surface area (Å²) in [5.74, 6) is 1.16. The Morgan fingerprint density at radius 2 is 2.27 bits per heavy atom. The van der Waals surface area contributed by atoms with Crippen molar-refractivity contribution in [1.82, 2.24) is 4.90 Å². The predicted octanol–water partition coefficient (Wildman–Crippen LogP) is 1.47. The van der Waals surface area contributed by atoms with Crippen LogP contribution in [0, 0.1) is 0 Å². The molecule has 0 bridgehead atoms. The second-order valence-corrected chi connectivity index (χ2v) is 6.57. The molecule has 0 aromatic rings. The number of nitrogens with two attached hydrogens (primary N) is 1. The molecule has 0 radical (unpaired) electrons. The van der Waals surface area contributed by atoms with Crippen molar-refractivity contribution in [3.63, 3.8) is 0 Å². The van der Waals surface area contributed by atoms with E-state index in [0.717, 1.165) is 31.7 Å². The van der Waals surface area contributed by atoms with Gasteiger partial charge in [-0.15, -0.1) is 0 Å². The third kappa shape index (κ3) is 3.68. The van der Waals surface area contributed by atoms with Crippen LogP contribution in [0.3, 0.4) is 0 Å². The fourth-order valence-corrected chi connectivity index (χ4v) is 2.98. The predicted molar refractivity (Wildman–Crippen MR) is 66.0 cm³/mol. The van der Waals surface area contributed by atoms with Gasteiger partial charge in [-0.25, -0.2) is 0 Å². The van der Waals surface area contributed by atoms with E-state index in [1.54, 1.807) is 0 Å². The van der Waals surface area contributed by atoms with Gasteiger partial charge in [0.05, 0.1) is 6.04 Å². The quantitative estimate of drug-likeness (QED) is 0.798. The number of carbonyl (C=O) groups is 1. The summed E-state index contributed by atoms with van der Waals surface area (Å²) < 4.78 is 0.180. The lowest BCUT2D eigenvalue weighted by molar-refractivity contribution is -0.133. The average Bonchev–Trinajstić information content (AvgIpc) is 2.15. The number of rotatable bonds is 3. The van der Waals surface area contributed by atoms with Gasteiger partial charge in [-0.2, -0.15) is 11.8 Å². The summed E-state index contributed by atoms with van der Waals surface area (Å²) in [6, 6.07) is -0.297. The van der Waals surface area contributed by atoms with Gasteiger partial charge in [-0.1, -0.05) is 13.3 Å². The molecule has 4 heteroatoms. The minimum atomic E-state index is -0.297. The molecule has 1 fully saturated rings. The molecular formula is C11H22N2OS. The molecule has 1 rings (SSSR count). The summed E-state index contributed by atoms with van der Waals surface area (Å²) in [4.78, 5) is 13.9. The maximum atomic E-state index is 12.0. The molecule has 0 unspecified atom stereocenters. The molecule has 1 heterocycles. The highest BCUT2D eigenvalue weighted by atomic mass is 32.2. The second kappa shape index (κ2) is 5.21. The summed E-state index contributed by atoms with van der Waals surface area (Å²) in [6.07, 6.45) is 1.77. The molecule has 15 heavy (non-hydrogen) atoms. The summed E-state index contributed by atoms with van der Waals surface area (Å²) in [5.41, 5.74) is 5.85. The lowest BCUT2D eigenvalue weighted by Crippen LogP contribution is -2.51. The van der Waals surface area contributed by atoms with Crippen molar-refractivity contribution in [3.8, 4) is 0 Å². The number of carbonyl (C=O) groups excluding carboxylic acids is 1. The van der Waals surface area contributed by atoms with Gasteiger partial charge in [-0.3, -0.25) is 4.79 Å². The van der Waals surface area contributed by atoms with Crippen LogP contribution in [0.4, 0.5) is 0 Å². The number of amides is 1. The SMILES string of the molecule is CCC[C@H](N)C(=O)N1CCSC(C)(C)C1. The van der Waals surface area contributed by atoms with Crippen LogP contribution in [0.5, 0.6) is 0 Å². The van der Waals surface area contributed by atoms with Crippen LogP contribution in [0.25, 0.3) is 0 Å². The standard InChI is InChI=1S/C11H22N2OS/c1-4-5-9(12)10(14)13-6-7-15-11(2,3)8-13/h9H,4-8,12H2,1-3H3/t9-/m0/s1. The highest BCUT2D eigenvalue weighted by Gasteiger charge is 2.31. The lowest BCUT2D eigenvalue weighted by atomic mass is 10.1. The Morgan fingerprint density at radius 1 is 1.60 bits per heavy atom. The molecule has 1 amide bonds.